The van der Waals surface area contributed by atoms with Gasteiger partial charge in [0.2, 0.25) is 0 Å². The zero-order valence-corrected chi connectivity index (χ0v) is 19.3. The van der Waals surface area contributed by atoms with E-state index in [2.05, 4.69) is 39.0 Å². The van der Waals surface area contributed by atoms with Crippen molar-refractivity contribution in [2.75, 3.05) is 37.6 Å². The van der Waals surface area contributed by atoms with Crippen LogP contribution in [-0.4, -0.2) is 47.6 Å². The second-order valence-electron chi connectivity index (χ2n) is 8.84. The normalized spacial score (nSPS) is 17.2. The fourth-order valence-corrected chi connectivity index (χ4v) is 4.89. The number of anilines is 1. The molecule has 2 aromatic carbocycles. The van der Waals surface area contributed by atoms with Gasteiger partial charge in [0, 0.05) is 68.6 Å². The zero-order chi connectivity index (χ0) is 22.8. The molecule has 172 valence electrons. The van der Waals surface area contributed by atoms with Gasteiger partial charge in [0.05, 0.1) is 5.56 Å². The van der Waals surface area contributed by atoms with Gasteiger partial charge in [0.15, 0.2) is 0 Å². The summed E-state index contributed by atoms with van der Waals surface area (Å²) in [4.78, 5) is 19.2. The van der Waals surface area contributed by atoms with E-state index < -0.39 is 5.63 Å². The second kappa shape index (κ2) is 9.59. The van der Waals surface area contributed by atoms with E-state index in [1.165, 1.54) is 17.4 Å². The lowest BCUT2D eigenvalue weighted by molar-refractivity contribution is 0.230. The molecule has 0 radical (unpaired) electrons. The van der Waals surface area contributed by atoms with Crippen molar-refractivity contribution in [1.29, 1.82) is 0 Å². The lowest BCUT2D eigenvalue weighted by Gasteiger charge is -2.36. The van der Waals surface area contributed by atoms with Crippen LogP contribution in [0.2, 0.25) is 5.02 Å². The second-order valence-corrected chi connectivity index (χ2v) is 9.28. The average molecular weight is 466 g/mol. The van der Waals surface area contributed by atoms with Crippen molar-refractivity contribution in [2.24, 2.45) is 0 Å². The minimum Gasteiger partial charge on any atom is -0.507 e. The molecule has 0 spiro atoms. The smallest absolute Gasteiger partial charge is 0.343 e. The molecule has 0 atom stereocenters. The Labute approximate surface area is 198 Å². The standard InChI is InChI=1S/C26H28ClN3O3/c27-22-5-7-23(8-6-22)30-13-11-28(12-14-30)17-24-25(31)21(18-33-26(24)32)16-29-10-9-19-3-1-2-4-20(19)15-29/h1-8,18,31H,9-17H2. The van der Waals surface area contributed by atoms with Gasteiger partial charge in [-0.05, 0) is 41.8 Å². The summed E-state index contributed by atoms with van der Waals surface area (Å²) in [5.41, 5.74) is 4.41. The van der Waals surface area contributed by atoms with Crippen molar-refractivity contribution in [3.63, 3.8) is 0 Å². The molecule has 0 bridgehead atoms. The molecule has 0 saturated carbocycles. The maximum absolute atomic E-state index is 12.4. The fourth-order valence-electron chi connectivity index (χ4n) is 4.76. The summed E-state index contributed by atoms with van der Waals surface area (Å²) in [5, 5.41) is 11.7. The molecule has 2 aliphatic rings. The first kappa shape index (κ1) is 22.0. The summed E-state index contributed by atoms with van der Waals surface area (Å²) in [6, 6.07) is 16.3. The van der Waals surface area contributed by atoms with Gasteiger partial charge in [0.25, 0.3) is 0 Å². The van der Waals surface area contributed by atoms with E-state index >= 15 is 0 Å². The molecule has 1 N–H and O–H groups in total. The Balaban J connectivity index is 1.24. The lowest BCUT2D eigenvalue weighted by Crippen LogP contribution is -2.46. The Morgan fingerprint density at radius 3 is 2.36 bits per heavy atom. The Kier molecular flexibility index (Phi) is 6.40. The minimum absolute atomic E-state index is 0.0743. The van der Waals surface area contributed by atoms with Crippen molar-refractivity contribution in [1.82, 2.24) is 9.80 Å². The molecule has 0 aliphatic carbocycles. The van der Waals surface area contributed by atoms with E-state index in [0.29, 0.717) is 24.2 Å². The average Bonchev–Trinajstić information content (AvgIpc) is 2.84. The first-order valence-corrected chi connectivity index (χ1v) is 11.8. The monoisotopic (exact) mass is 465 g/mol. The van der Waals surface area contributed by atoms with E-state index in [1.807, 2.05) is 24.3 Å². The topological polar surface area (TPSA) is 60.2 Å². The van der Waals surface area contributed by atoms with Crippen LogP contribution >= 0.6 is 11.6 Å². The van der Waals surface area contributed by atoms with Crippen molar-refractivity contribution >= 4 is 17.3 Å². The predicted molar refractivity (Wildman–Crippen MR) is 130 cm³/mol. The van der Waals surface area contributed by atoms with Crippen LogP contribution in [0.3, 0.4) is 0 Å². The quantitative estimate of drug-likeness (QED) is 0.617. The van der Waals surface area contributed by atoms with Gasteiger partial charge < -0.3 is 14.4 Å². The molecule has 1 aromatic heterocycles. The van der Waals surface area contributed by atoms with Crippen LogP contribution in [0, 0.1) is 0 Å². The number of benzene rings is 2. The first-order valence-electron chi connectivity index (χ1n) is 11.4. The molecule has 1 saturated heterocycles. The molecule has 1 fully saturated rings. The molecule has 7 heteroatoms. The third kappa shape index (κ3) is 4.93. The van der Waals surface area contributed by atoms with E-state index in [4.69, 9.17) is 16.0 Å². The highest BCUT2D eigenvalue weighted by atomic mass is 35.5. The lowest BCUT2D eigenvalue weighted by atomic mass is 9.99. The number of piperazine rings is 1. The molecule has 33 heavy (non-hydrogen) atoms. The Bertz CT molecular complexity index is 1170. The Hall–Kier alpha value is -2.80. The largest absolute Gasteiger partial charge is 0.507 e. The molecule has 0 amide bonds. The number of aromatic hydroxyl groups is 1. The summed E-state index contributed by atoms with van der Waals surface area (Å²) >= 11 is 6.00. The highest BCUT2D eigenvalue weighted by Crippen LogP contribution is 2.26. The third-order valence-corrected chi connectivity index (χ3v) is 6.95. The van der Waals surface area contributed by atoms with Gasteiger partial charge in [-0.3, -0.25) is 9.80 Å². The summed E-state index contributed by atoms with van der Waals surface area (Å²) in [6.07, 6.45) is 2.40. The van der Waals surface area contributed by atoms with Crippen LogP contribution in [0.15, 0.2) is 64.0 Å². The SMILES string of the molecule is O=c1occ(CN2CCc3ccccc3C2)c(O)c1CN1CCN(c2ccc(Cl)cc2)CC1. The van der Waals surface area contributed by atoms with Gasteiger partial charge in [-0.15, -0.1) is 0 Å². The molecule has 0 unspecified atom stereocenters. The van der Waals surface area contributed by atoms with E-state index in [9.17, 15) is 9.90 Å². The maximum Gasteiger partial charge on any atom is 0.343 e. The third-order valence-electron chi connectivity index (χ3n) is 6.69. The molecule has 3 heterocycles. The highest BCUT2D eigenvalue weighted by molar-refractivity contribution is 6.30. The first-order chi connectivity index (χ1) is 16.1. The van der Waals surface area contributed by atoms with Gasteiger partial charge in [-0.2, -0.15) is 0 Å². The number of fused-ring (bicyclic) bond motifs is 1. The Morgan fingerprint density at radius 1 is 0.879 bits per heavy atom. The Morgan fingerprint density at radius 2 is 1.61 bits per heavy atom. The van der Waals surface area contributed by atoms with E-state index in [-0.39, 0.29) is 5.75 Å². The summed E-state index contributed by atoms with van der Waals surface area (Å²) in [7, 11) is 0. The molecule has 2 aliphatic heterocycles. The predicted octanol–water partition coefficient (Wildman–Crippen LogP) is 3.88. The van der Waals surface area contributed by atoms with Crippen LogP contribution in [0.5, 0.6) is 5.75 Å². The van der Waals surface area contributed by atoms with Gasteiger partial charge in [-0.25, -0.2) is 4.79 Å². The molecule has 3 aromatic rings. The molecular formula is C26H28ClN3O3. The van der Waals surface area contributed by atoms with Crippen LogP contribution in [0.1, 0.15) is 22.3 Å². The van der Waals surface area contributed by atoms with Crippen LogP contribution in [0.25, 0.3) is 0 Å². The summed E-state index contributed by atoms with van der Waals surface area (Å²) < 4.78 is 5.33. The van der Waals surface area contributed by atoms with E-state index in [0.717, 1.165) is 56.4 Å². The van der Waals surface area contributed by atoms with Gasteiger partial charge >= 0.3 is 5.63 Å². The van der Waals surface area contributed by atoms with Crippen LogP contribution in [0.4, 0.5) is 5.69 Å². The number of hydrogen-bond donors (Lipinski definition) is 1. The zero-order valence-electron chi connectivity index (χ0n) is 18.5. The maximum atomic E-state index is 12.4. The van der Waals surface area contributed by atoms with Crippen molar-refractivity contribution in [3.8, 4) is 5.75 Å². The van der Waals surface area contributed by atoms with Gasteiger partial charge in [0.1, 0.15) is 12.0 Å². The fraction of sp³-hybridized carbons (Fsp3) is 0.346. The van der Waals surface area contributed by atoms with Crippen molar-refractivity contribution in [2.45, 2.75) is 26.1 Å². The summed E-state index contributed by atoms with van der Waals surface area (Å²) in [6.45, 7) is 5.99. The molecule has 5 rings (SSSR count). The number of hydrogen-bond acceptors (Lipinski definition) is 6. The molecular weight excluding hydrogens is 438 g/mol. The highest BCUT2D eigenvalue weighted by Gasteiger charge is 2.23. The van der Waals surface area contributed by atoms with Crippen molar-refractivity contribution < 1.29 is 9.52 Å². The van der Waals surface area contributed by atoms with Crippen LogP contribution < -0.4 is 10.5 Å². The minimum atomic E-state index is -0.458. The van der Waals surface area contributed by atoms with Gasteiger partial charge in [-0.1, -0.05) is 35.9 Å². The summed E-state index contributed by atoms with van der Waals surface area (Å²) in [5.74, 6) is 0.0743. The number of rotatable bonds is 5. The molecule has 6 nitrogen and oxygen atoms in total. The number of nitrogens with zero attached hydrogens (tertiary/aromatic N) is 3. The van der Waals surface area contributed by atoms with Crippen LogP contribution in [-0.2, 0) is 26.1 Å². The van der Waals surface area contributed by atoms with Crippen molar-refractivity contribution in [3.05, 3.63) is 92.5 Å². The number of halogens is 1. The van der Waals surface area contributed by atoms with E-state index in [1.54, 1.807) is 0 Å².